The fraction of sp³-hybridized carbons (Fsp3) is 0.933. The fourth-order valence-corrected chi connectivity index (χ4v) is 10.3. The molecule has 0 aromatic carbocycles. The number of hydrogen-bond acceptors (Lipinski definition) is 4. The van der Waals surface area contributed by atoms with E-state index >= 15 is 0 Å². The highest BCUT2D eigenvalue weighted by Gasteiger charge is 2.65. The standard InChI is InChI=1S/C30H50O4/c1-26(2)23-9-8-21-20(28(23,5)13-12-24(26)32)11-15-29(6)19(10-14-30(21,29)7)18-16-22(31)25(34-17-18)27(3,4)33/h8,18-20,22-25,31-33H,9-17H2,1-7H3/t18-,19+,20-,22-,23+,24+,25-,28-,29+,30-/m1/s1. The van der Waals surface area contributed by atoms with Crippen LogP contribution in [0.3, 0.4) is 0 Å². The molecule has 0 bridgehead atoms. The molecule has 5 rings (SSSR count). The number of rotatable bonds is 2. The minimum atomic E-state index is -1.02. The third-order valence-electron chi connectivity index (χ3n) is 12.5. The molecule has 3 N–H and O–H groups in total. The van der Waals surface area contributed by atoms with Gasteiger partial charge < -0.3 is 20.1 Å². The first-order chi connectivity index (χ1) is 15.7. The van der Waals surface area contributed by atoms with Gasteiger partial charge in [0.15, 0.2) is 0 Å². The SMILES string of the molecule is CC(C)(O)[C@@H]1OC[C@H]([C@@H]2CC[C@]3(C)C4=CC[C@H]5C(C)(C)[C@@H](O)CC[C@]5(C)[C@@H]4CC[C@@]23C)C[C@H]1O. The summed E-state index contributed by atoms with van der Waals surface area (Å²) in [6.07, 6.45) is 10.2. The highest BCUT2D eigenvalue weighted by molar-refractivity contribution is 5.33. The Morgan fingerprint density at radius 1 is 0.971 bits per heavy atom. The average molecular weight is 475 g/mol. The summed E-state index contributed by atoms with van der Waals surface area (Å²) in [6, 6.07) is 0. The molecule has 0 amide bonds. The number of hydrogen-bond donors (Lipinski definition) is 3. The molecule has 194 valence electrons. The molecule has 34 heavy (non-hydrogen) atoms. The van der Waals surface area contributed by atoms with Crippen LogP contribution < -0.4 is 0 Å². The Morgan fingerprint density at radius 2 is 1.68 bits per heavy atom. The van der Waals surface area contributed by atoms with Gasteiger partial charge in [-0.1, -0.05) is 46.3 Å². The van der Waals surface area contributed by atoms with E-state index in [4.69, 9.17) is 4.74 Å². The number of aliphatic hydroxyl groups excluding tert-OH is 2. The van der Waals surface area contributed by atoms with Crippen LogP contribution in [0.5, 0.6) is 0 Å². The average Bonchev–Trinajstić information content (AvgIpc) is 3.02. The van der Waals surface area contributed by atoms with Gasteiger partial charge >= 0.3 is 0 Å². The summed E-state index contributed by atoms with van der Waals surface area (Å²) in [5, 5.41) is 32.1. The molecular formula is C30H50O4. The normalized spacial score (nSPS) is 52.9. The third kappa shape index (κ3) is 3.30. The van der Waals surface area contributed by atoms with E-state index in [1.54, 1.807) is 19.4 Å². The van der Waals surface area contributed by atoms with Crippen molar-refractivity contribution >= 4 is 0 Å². The fourth-order valence-electron chi connectivity index (χ4n) is 10.3. The predicted octanol–water partition coefficient (Wildman–Crippen LogP) is 5.49. The van der Waals surface area contributed by atoms with E-state index in [2.05, 4.69) is 40.7 Å². The molecule has 0 aromatic heterocycles. The summed E-state index contributed by atoms with van der Waals surface area (Å²) < 4.78 is 6.13. The lowest BCUT2D eigenvalue weighted by molar-refractivity contribution is -0.188. The molecule has 1 saturated heterocycles. The second-order valence-electron chi connectivity index (χ2n) is 14.8. The smallest absolute Gasteiger partial charge is 0.111 e. The van der Waals surface area contributed by atoms with Crippen LogP contribution >= 0.6 is 0 Å². The van der Waals surface area contributed by atoms with Crippen molar-refractivity contribution in [3.05, 3.63) is 11.6 Å². The maximum absolute atomic E-state index is 10.9. The van der Waals surface area contributed by atoms with Gasteiger partial charge in [0.05, 0.1) is 24.4 Å². The summed E-state index contributed by atoms with van der Waals surface area (Å²) in [5.74, 6) is 2.08. The van der Waals surface area contributed by atoms with E-state index in [0.717, 1.165) is 25.7 Å². The molecule has 0 radical (unpaired) electrons. The number of fused-ring (bicyclic) bond motifs is 5. The molecular weight excluding hydrogens is 424 g/mol. The zero-order valence-electron chi connectivity index (χ0n) is 22.7. The Kier molecular flexibility index (Phi) is 5.78. The largest absolute Gasteiger partial charge is 0.393 e. The first kappa shape index (κ1) is 25.2. The van der Waals surface area contributed by atoms with Crippen molar-refractivity contribution in [2.45, 2.75) is 124 Å². The van der Waals surface area contributed by atoms with Crippen LogP contribution in [0.1, 0.15) is 99.8 Å². The van der Waals surface area contributed by atoms with Crippen molar-refractivity contribution in [2.24, 2.45) is 45.3 Å². The van der Waals surface area contributed by atoms with Gasteiger partial charge in [-0.2, -0.15) is 0 Å². The topological polar surface area (TPSA) is 69.9 Å². The van der Waals surface area contributed by atoms with Crippen molar-refractivity contribution in [2.75, 3.05) is 6.61 Å². The van der Waals surface area contributed by atoms with E-state index in [-0.39, 0.29) is 27.8 Å². The van der Waals surface area contributed by atoms with Gasteiger partial charge in [-0.3, -0.25) is 0 Å². The quantitative estimate of drug-likeness (QED) is 0.463. The van der Waals surface area contributed by atoms with Gasteiger partial charge in [-0.05, 0) is 111 Å². The monoisotopic (exact) mass is 474 g/mol. The first-order valence-electron chi connectivity index (χ1n) is 14.1. The Morgan fingerprint density at radius 3 is 2.32 bits per heavy atom. The maximum Gasteiger partial charge on any atom is 0.111 e. The minimum Gasteiger partial charge on any atom is -0.393 e. The lowest BCUT2D eigenvalue weighted by Crippen LogP contribution is -2.58. The highest BCUT2D eigenvalue weighted by Crippen LogP contribution is 2.73. The van der Waals surface area contributed by atoms with E-state index in [1.807, 2.05) is 0 Å². The molecule has 0 aromatic rings. The van der Waals surface area contributed by atoms with Crippen molar-refractivity contribution < 1.29 is 20.1 Å². The summed E-state index contributed by atoms with van der Waals surface area (Å²) in [5.41, 5.74) is 1.38. The highest BCUT2D eigenvalue weighted by atomic mass is 16.5. The van der Waals surface area contributed by atoms with Crippen LogP contribution in [0, 0.1) is 45.3 Å². The van der Waals surface area contributed by atoms with Gasteiger partial charge in [-0.25, -0.2) is 0 Å². The molecule has 1 aliphatic heterocycles. The zero-order valence-corrected chi connectivity index (χ0v) is 22.7. The number of aliphatic hydroxyl groups is 3. The molecule has 5 aliphatic rings. The van der Waals surface area contributed by atoms with Crippen molar-refractivity contribution in [1.82, 2.24) is 0 Å². The van der Waals surface area contributed by atoms with Crippen LogP contribution in [-0.4, -0.2) is 45.8 Å². The Labute approximate surface area is 207 Å². The summed E-state index contributed by atoms with van der Waals surface area (Å²) in [6.45, 7) is 16.4. The Bertz CT molecular complexity index is 841. The van der Waals surface area contributed by atoms with E-state index in [9.17, 15) is 15.3 Å². The van der Waals surface area contributed by atoms with Crippen LogP contribution in [0.2, 0.25) is 0 Å². The second kappa shape index (κ2) is 7.79. The minimum absolute atomic E-state index is 0.0263. The lowest BCUT2D eigenvalue weighted by Gasteiger charge is -2.64. The van der Waals surface area contributed by atoms with Crippen molar-refractivity contribution in [3.63, 3.8) is 0 Å². The summed E-state index contributed by atoms with van der Waals surface area (Å²) >= 11 is 0. The van der Waals surface area contributed by atoms with E-state index in [1.165, 1.54) is 25.7 Å². The Hall–Kier alpha value is -0.420. The van der Waals surface area contributed by atoms with Gasteiger partial charge in [0, 0.05) is 0 Å². The van der Waals surface area contributed by atoms with E-state index in [0.29, 0.717) is 30.3 Å². The van der Waals surface area contributed by atoms with E-state index < -0.39 is 17.8 Å². The molecule has 4 heteroatoms. The van der Waals surface area contributed by atoms with Crippen LogP contribution in [0.15, 0.2) is 11.6 Å². The molecule has 1 heterocycles. The maximum atomic E-state index is 10.9. The van der Waals surface area contributed by atoms with Crippen LogP contribution in [0.25, 0.3) is 0 Å². The Balaban J connectivity index is 1.42. The molecule has 4 nitrogen and oxygen atoms in total. The summed E-state index contributed by atoms with van der Waals surface area (Å²) in [7, 11) is 0. The van der Waals surface area contributed by atoms with Crippen molar-refractivity contribution in [3.8, 4) is 0 Å². The zero-order chi connectivity index (χ0) is 24.9. The molecule has 10 atom stereocenters. The number of ether oxygens (including phenoxy) is 1. The molecule has 0 spiro atoms. The molecule has 3 saturated carbocycles. The first-order valence-corrected chi connectivity index (χ1v) is 14.1. The van der Waals surface area contributed by atoms with Crippen LogP contribution in [-0.2, 0) is 4.74 Å². The predicted molar refractivity (Wildman–Crippen MR) is 135 cm³/mol. The number of allylic oxidation sites excluding steroid dienone is 2. The molecule has 4 aliphatic carbocycles. The molecule has 0 unspecified atom stereocenters. The van der Waals surface area contributed by atoms with Gasteiger partial charge in [-0.15, -0.1) is 0 Å². The second-order valence-corrected chi connectivity index (χ2v) is 14.8. The lowest BCUT2D eigenvalue weighted by atomic mass is 9.41. The van der Waals surface area contributed by atoms with Gasteiger partial charge in [0.25, 0.3) is 0 Å². The van der Waals surface area contributed by atoms with Crippen molar-refractivity contribution in [1.29, 1.82) is 0 Å². The van der Waals surface area contributed by atoms with Crippen LogP contribution in [0.4, 0.5) is 0 Å². The summed E-state index contributed by atoms with van der Waals surface area (Å²) in [4.78, 5) is 0. The van der Waals surface area contributed by atoms with Gasteiger partial charge in [0.2, 0.25) is 0 Å². The third-order valence-corrected chi connectivity index (χ3v) is 12.5. The molecule has 4 fully saturated rings. The van der Waals surface area contributed by atoms with Gasteiger partial charge in [0.1, 0.15) is 6.10 Å².